The molecule has 0 unspecified atom stereocenters. The molecule has 0 aliphatic carbocycles. The van der Waals surface area contributed by atoms with Crippen LogP contribution in [0.25, 0.3) is 54.9 Å². The molecule has 0 heterocycles. The highest BCUT2D eigenvalue weighted by molar-refractivity contribution is 6.14. The normalized spacial score (nSPS) is 13.0. The first-order valence-corrected chi connectivity index (χ1v) is 14.3. The van der Waals surface area contributed by atoms with Gasteiger partial charge in [0.1, 0.15) is 11.5 Å². The summed E-state index contributed by atoms with van der Waals surface area (Å²) >= 11 is 0. The lowest BCUT2D eigenvalue weighted by Crippen LogP contribution is -2.11. The molecule has 6 aromatic rings. The minimum atomic E-state index is -5.23. The third kappa shape index (κ3) is 6.03. The van der Waals surface area contributed by atoms with Gasteiger partial charge in [0.05, 0.1) is 22.3 Å². The van der Waals surface area contributed by atoms with Gasteiger partial charge >= 0.3 is 24.7 Å². The lowest BCUT2D eigenvalue weighted by Gasteiger charge is -2.22. The molecule has 258 valence electrons. The number of rotatable bonds is 3. The van der Waals surface area contributed by atoms with E-state index in [1.165, 1.54) is 48.5 Å². The maximum atomic E-state index is 14.2. The van der Waals surface area contributed by atoms with Crippen molar-refractivity contribution in [3.8, 4) is 44.9 Å². The Hall–Kier alpha value is -5.40. The number of hydrogen-bond donors (Lipinski definition) is 2. The largest absolute Gasteiger partial charge is 0.507 e. The number of alkyl halides is 12. The molecule has 0 aliphatic heterocycles. The highest BCUT2D eigenvalue weighted by atomic mass is 19.4. The smallest absolute Gasteiger partial charge is 0.417 e. The Labute approximate surface area is 273 Å². The summed E-state index contributed by atoms with van der Waals surface area (Å²) in [6.07, 6.45) is -20.7. The monoisotopic (exact) mass is 710 g/mol. The highest BCUT2D eigenvalue weighted by Crippen LogP contribution is 2.54. The number of hydrogen-bond acceptors (Lipinski definition) is 2. The van der Waals surface area contributed by atoms with Crippen LogP contribution < -0.4 is 0 Å². The van der Waals surface area contributed by atoms with Gasteiger partial charge in [-0.3, -0.25) is 0 Å². The summed E-state index contributed by atoms with van der Waals surface area (Å²) in [5.74, 6) is -2.18. The third-order valence-electron chi connectivity index (χ3n) is 8.18. The Kier molecular flexibility index (Phi) is 7.99. The van der Waals surface area contributed by atoms with E-state index < -0.39 is 91.8 Å². The van der Waals surface area contributed by atoms with Crippen LogP contribution in [0, 0.1) is 0 Å². The summed E-state index contributed by atoms with van der Waals surface area (Å²) < 4.78 is 168. The summed E-state index contributed by atoms with van der Waals surface area (Å²) in [5, 5.41) is 23.6. The van der Waals surface area contributed by atoms with Crippen molar-refractivity contribution in [2.75, 3.05) is 0 Å². The summed E-state index contributed by atoms with van der Waals surface area (Å²) in [7, 11) is 0. The van der Waals surface area contributed by atoms with Gasteiger partial charge in [-0.25, -0.2) is 0 Å². The molecule has 14 heteroatoms. The molecule has 0 aromatic heterocycles. The van der Waals surface area contributed by atoms with Gasteiger partial charge in [-0.1, -0.05) is 48.5 Å². The molecule has 6 rings (SSSR count). The second-order valence-electron chi connectivity index (χ2n) is 11.2. The van der Waals surface area contributed by atoms with Crippen LogP contribution >= 0.6 is 0 Å². The fraction of sp³-hybridized carbons (Fsp3) is 0.111. The number of phenols is 2. The van der Waals surface area contributed by atoms with E-state index in [0.29, 0.717) is 0 Å². The summed E-state index contributed by atoms with van der Waals surface area (Å²) in [6.45, 7) is 0. The van der Waals surface area contributed by atoms with Crippen molar-refractivity contribution in [3.05, 3.63) is 119 Å². The van der Waals surface area contributed by atoms with Crippen LogP contribution in [0.5, 0.6) is 11.5 Å². The quantitative estimate of drug-likeness (QED) is 0.180. The molecule has 2 nitrogen and oxygen atoms in total. The zero-order valence-electron chi connectivity index (χ0n) is 24.7. The number of aromatic hydroxyl groups is 2. The lowest BCUT2D eigenvalue weighted by atomic mass is 9.84. The van der Waals surface area contributed by atoms with Gasteiger partial charge in [-0.05, 0) is 81.2 Å². The second-order valence-corrected chi connectivity index (χ2v) is 11.2. The van der Waals surface area contributed by atoms with Crippen LogP contribution in [0.2, 0.25) is 0 Å². The standard InChI is InChI=1S/C36H18F12O2/c37-33(38,39)19-9-11-27(35(43,44)45)23(15-19)25-13-17-5-1-3-7-21(17)29(31(25)49)30-22-8-4-2-6-18(22)14-26(32(30)50)24-16-20(34(40,41)42)10-12-28(24)36(46,47)48/h1-16,49-50H. The summed E-state index contributed by atoms with van der Waals surface area (Å²) in [6, 6.07) is 14.1. The van der Waals surface area contributed by atoms with Crippen LogP contribution in [0.15, 0.2) is 97.1 Å². The van der Waals surface area contributed by atoms with Gasteiger partial charge < -0.3 is 10.2 Å². The van der Waals surface area contributed by atoms with Gasteiger partial charge in [0.2, 0.25) is 0 Å². The zero-order valence-corrected chi connectivity index (χ0v) is 24.7. The lowest BCUT2D eigenvalue weighted by molar-refractivity contribution is -0.141. The second kappa shape index (κ2) is 11.6. The van der Waals surface area contributed by atoms with E-state index in [1.54, 1.807) is 0 Å². The Morgan fingerprint density at radius 2 is 0.700 bits per heavy atom. The molecule has 0 amide bonds. The van der Waals surface area contributed by atoms with E-state index >= 15 is 0 Å². The minimum Gasteiger partial charge on any atom is -0.507 e. The maximum absolute atomic E-state index is 14.2. The Bertz CT molecular complexity index is 2130. The zero-order chi connectivity index (χ0) is 36.6. The summed E-state index contributed by atoms with van der Waals surface area (Å²) in [5.41, 5.74) is -10.9. The molecular weight excluding hydrogens is 692 g/mol. The van der Waals surface area contributed by atoms with Crippen molar-refractivity contribution in [3.63, 3.8) is 0 Å². The fourth-order valence-corrected chi connectivity index (χ4v) is 5.97. The van der Waals surface area contributed by atoms with E-state index in [4.69, 9.17) is 0 Å². The maximum Gasteiger partial charge on any atom is 0.417 e. The van der Waals surface area contributed by atoms with Crippen molar-refractivity contribution in [1.29, 1.82) is 0 Å². The van der Waals surface area contributed by atoms with Gasteiger partial charge in [0.25, 0.3) is 0 Å². The first-order valence-electron chi connectivity index (χ1n) is 14.3. The number of phenolic OH excluding ortho intramolecular Hbond substituents is 2. The topological polar surface area (TPSA) is 40.5 Å². The number of fused-ring (bicyclic) bond motifs is 2. The van der Waals surface area contributed by atoms with E-state index in [1.807, 2.05) is 0 Å². The molecule has 0 aliphatic rings. The molecule has 0 saturated heterocycles. The highest BCUT2D eigenvalue weighted by Gasteiger charge is 2.40. The molecule has 0 radical (unpaired) electrons. The Morgan fingerprint density at radius 1 is 0.360 bits per heavy atom. The molecule has 0 bridgehead atoms. The van der Waals surface area contributed by atoms with E-state index in [-0.39, 0.29) is 57.9 Å². The molecular formula is C36H18F12O2. The molecule has 50 heavy (non-hydrogen) atoms. The van der Waals surface area contributed by atoms with E-state index in [9.17, 15) is 62.9 Å². The van der Waals surface area contributed by atoms with E-state index in [2.05, 4.69) is 0 Å². The SMILES string of the molecule is Oc1c(-c2cc(C(F)(F)F)ccc2C(F)(F)F)cc2ccccc2c1-c1c(O)c(-c2cc(C(F)(F)F)ccc2C(F)(F)F)cc2ccccc12. The predicted octanol–water partition coefficient (Wildman–Crippen LogP) is 12.5. The molecule has 6 aromatic carbocycles. The molecule has 2 N–H and O–H groups in total. The van der Waals surface area contributed by atoms with Gasteiger partial charge in [-0.15, -0.1) is 0 Å². The van der Waals surface area contributed by atoms with E-state index in [0.717, 1.165) is 12.1 Å². The molecule has 0 saturated carbocycles. The molecule has 0 fully saturated rings. The average molecular weight is 711 g/mol. The number of benzene rings is 6. The average Bonchev–Trinajstić information content (AvgIpc) is 3.02. The van der Waals surface area contributed by atoms with Crippen LogP contribution in [0.1, 0.15) is 22.3 Å². The van der Waals surface area contributed by atoms with Crippen molar-refractivity contribution >= 4 is 21.5 Å². The van der Waals surface area contributed by atoms with Crippen molar-refractivity contribution in [1.82, 2.24) is 0 Å². The Balaban J connectivity index is 1.79. The van der Waals surface area contributed by atoms with Gasteiger partial charge in [0.15, 0.2) is 0 Å². The first-order chi connectivity index (χ1) is 23.2. The minimum absolute atomic E-state index is 0.00743. The van der Waals surface area contributed by atoms with Crippen LogP contribution in [0.3, 0.4) is 0 Å². The summed E-state index contributed by atoms with van der Waals surface area (Å²) in [4.78, 5) is 0. The van der Waals surface area contributed by atoms with Crippen LogP contribution in [-0.2, 0) is 24.7 Å². The van der Waals surface area contributed by atoms with Crippen molar-refractivity contribution < 1.29 is 62.9 Å². The number of halogens is 12. The fourth-order valence-electron chi connectivity index (χ4n) is 5.97. The molecule has 0 atom stereocenters. The first kappa shape index (κ1) is 34.5. The predicted molar refractivity (Wildman–Crippen MR) is 161 cm³/mol. The third-order valence-corrected chi connectivity index (χ3v) is 8.18. The van der Waals surface area contributed by atoms with Gasteiger partial charge in [-0.2, -0.15) is 52.7 Å². The van der Waals surface area contributed by atoms with Crippen LogP contribution in [-0.4, -0.2) is 10.2 Å². The Morgan fingerprint density at radius 3 is 1.02 bits per heavy atom. The van der Waals surface area contributed by atoms with Gasteiger partial charge in [0, 0.05) is 22.3 Å². The van der Waals surface area contributed by atoms with Crippen molar-refractivity contribution in [2.45, 2.75) is 24.7 Å². The van der Waals surface area contributed by atoms with Crippen LogP contribution in [0.4, 0.5) is 52.7 Å². The molecule has 0 spiro atoms. The van der Waals surface area contributed by atoms with Crippen molar-refractivity contribution in [2.24, 2.45) is 0 Å².